The molecular formula is C31H36F2N4O2. The van der Waals surface area contributed by atoms with E-state index in [-0.39, 0.29) is 24.3 Å². The minimum Gasteiger partial charge on any atom is -0.390 e. The third-order valence-corrected chi connectivity index (χ3v) is 6.48. The molecule has 6 nitrogen and oxygen atoms in total. The van der Waals surface area contributed by atoms with Gasteiger partial charge in [0.2, 0.25) is 5.91 Å². The average Bonchev–Trinajstić information content (AvgIpc) is 3.26. The highest BCUT2D eigenvalue weighted by Gasteiger charge is 2.22. The molecule has 3 aromatic carbocycles. The molecule has 1 aromatic heterocycles. The fourth-order valence-electron chi connectivity index (χ4n) is 4.90. The van der Waals surface area contributed by atoms with Gasteiger partial charge in [0, 0.05) is 31.5 Å². The van der Waals surface area contributed by atoms with Crippen LogP contribution < -0.4 is 10.6 Å². The lowest BCUT2D eigenvalue weighted by molar-refractivity contribution is -0.120. The standard InChI is InChI=1S/C31H36F2N4O2/c1-20(38)36-27(14-22-12-25(32)15-26(33)13-22)30(39)19-34-17-24-11-21(16-31(2,3)4)9-10-29(24)37-28-8-6-5-7-23(28)18-35-37/h5-13,15,18,27,30,34,39H,14,16-17,19H2,1-4H3,(H,36,38). The Labute approximate surface area is 228 Å². The maximum Gasteiger partial charge on any atom is 0.217 e. The number of rotatable bonds is 10. The summed E-state index contributed by atoms with van der Waals surface area (Å²) in [4.78, 5) is 11.8. The molecule has 206 valence electrons. The molecule has 0 aliphatic carbocycles. The zero-order chi connectivity index (χ0) is 28.2. The number of aliphatic hydroxyl groups is 1. The molecular weight excluding hydrogens is 498 g/mol. The van der Waals surface area contributed by atoms with Gasteiger partial charge in [-0.2, -0.15) is 5.10 Å². The number of para-hydroxylation sites is 1. The van der Waals surface area contributed by atoms with E-state index in [4.69, 9.17) is 0 Å². The minimum absolute atomic E-state index is 0.0860. The van der Waals surface area contributed by atoms with Crippen molar-refractivity contribution >= 4 is 16.8 Å². The summed E-state index contributed by atoms with van der Waals surface area (Å²) < 4.78 is 29.3. The fraction of sp³-hybridized carbons (Fsp3) is 0.355. The van der Waals surface area contributed by atoms with Gasteiger partial charge in [0.15, 0.2) is 0 Å². The first-order valence-electron chi connectivity index (χ1n) is 13.1. The Kier molecular flexibility index (Phi) is 8.77. The number of carbonyl (C=O) groups excluding carboxylic acids is 1. The number of benzene rings is 3. The third-order valence-electron chi connectivity index (χ3n) is 6.48. The number of aromatic nitrogens is 2. The molecule has 0 aliphatic rings. The van der Waals surface area contributed by atoms with Crippen molar-refractivity contribution in [1.82, 2.24) is 20.4 Å². The maximum absolute atomic E-state index is 13.7. The van der Waals surface area contributed by atoms with E-state index in [1.54, 1.807) is 0 Å². The number of nitrogens with one attached hydrogen (secondary N) is 2. The molecule has 4 aromatic rings. The highest BCUT2D eigenvalue weighted by Crippen LogP contribution is 2.26. The smallest absolute Gasteiger partial charge is 0.217 e. The lowest BCUT2D eigenvalue weighted by Gasteiger charge is -2.25. The Balaban J connectivity index is 1.54. The molecule has 1 heterocycles. The summed E-state index contributed by atoms with van der Waals surface area (Å²) in [6.45, 7) is 8.54. The lowest BCUT2D eigenvalue weighted by Crippen LogP contribution is -2.48. The molecule has 0 aliphatic heterocycles. The SMILES string of the molecule is CC(=O)NC(Cc1cc(F)cc(F)c1)C(O)CNCc1cc(CC(C)(C)C)ccc1-n1ncc2ccccc21. The van der Waals surface area contributed by atoms with Gasteiger partial charge in [-0.15, -0.1) is 0 Å². The van der Waals surface area contributed by atoms with Crippen LogP contribution in [0.25, 0.3) is 16.6 Å². The zero-order valence-corrected chi connectivity index (χ0v) is 22.8. The normalized spacial score (nSPS) is 13.4. The number of nitrogens with zero attached hydrogens (tertiary/aromatic N) is 2. The van der Waals surface area contributed by atoms with Crippen molar-refractivity contribution in [3.8, 4) is 5.69 Å². The minimum atomic E-state index is -0.994. The van der Waals surface area contributed by atoms with Crippen LogP contribution in [0.5, 0.6) is 0 Å². The molecule has 0 radical (unpaired) electrons. The lowest BCUT2D eigenvalue weighted by atomic mass is 9.87. The van der Waals surface area contributed by atoms with Crippen molar-refractivity contribution in [2.75, 3.05) is 6.54 Å². The first-order valence-corrected chi connectivity index (χ1v) is 13.1. The van der Waals surface area contributed by atoms with Gasteiger partial charge in [0.25, 0.3) is 0 Å². The van der Waals surface area contributed by atoms with Crippen LogP contribution in [0.3, 0.4) is 0 Å². The Morgan fingerprint density at radius 1 is 1.03 bits per heavy atom. The fourth-order valence-corrected chi connectivity index (χ4v) is 4.90. The van der Waals surface area contributed by atoms with Crippen molar-refractivity contribution in [2.45, 2.75) is 59.2 Å². The zero-order valence-electron chi connectivity index (χ0n) is 22.8. The van der Waals surface area contributed by atoms with Crippen molar-refractivity contribution in [2.24, 2.45) is 5.41 Å². The summed E-state index contributed by atoms with van der Waals surface area (Å²) in [5.74, 6) is -1.74. The molecule has 0 spiro atoms. The Morgan fingerprint density at radius 2 is 1.74 bits per heavy atom. The van der Waals surface area contributed by atoms with Crippen molar-refractivity contribution in [3.63, 3.8) is 0 Å². The molecule has 39 heavy (non-hydrogen) atoms. The molecule has 4 rings (SSSR count). The number of halogens is 2. The van der Waals surface area contributed by atoms with Crippen molar-refractivity contribution < 1.29 is 18.7 Å². The average molecular weight is 535 g/mol. The summed E-state index contributed by atoms with van der Waals surface area (Å²) in [7, 11) is 0. The van der Waals surface area contributed by atoms with E-state index in [9.17, 15) is 18.7 Å². The summed E-state index contributed by atoms with van der Waals surface area (Å²) >= 11 is 0. The van der Waals surface area contributed by atoms with Gasteiger partial charge in [-0.1, -0.05) is 51.1 Å². The second kappa shape index (κ2) is 12.1. The number of amides is 1. The van der Waals surface area contributed by atoms with Gasteiger partial charge < -0.3 is 15.7 Å². The van der Waals surface area contributed by atoms with E-state index in [0.29, 0.717) is 12.1 Å². The Morgan fingerprint density at radius 3 is 2.44 bits per heavy atom. The number of hydrogen-bond donors (Lipinski definition) is 3. The number of aliphatic hydroxyl groups excluding tert-OH is 1. The molecule has 1 amide bonds. The van der Waals surface area contributed by atoms with E-state index in [2.05, 4.69) is 54.7 Å². The van der Waals surface area contributed by atoms with Crippen LogP contribution in [0.1, 0.15) is 44.4 Å². The molecule has 0 fully saturated rings. The number of hydrogen-bond acceptors (Lipinski definition) is 4. The third kappa shape index (κ3) is 7.71. The first-order chi connectivity index (χ1) is 18.5. The van der Waals surface area contributed by atoms with Crippen LogP contribution in [0, 0.1) is 17.0 Å². The van der Waals surface area contributed by atoms with Crippen molar-refractivity contribution in [3.05, 3.63) is 95.2 Å². The highest BCUT2D eigenvalue weighted by molar-refractivity contribution is 5.80. The molecule has 2 unspecified atom stereocenters. The summed E-state index contributed by atoms with van der Waals surface area (Å²) in [6, 6.07) is 16.9. The first kappa shape index (κ1) is 28.4. The van der Waals surface area contributed by atoms with Crippen LogP contribution in [-0.2, 0) is 24.2 Å². The molecule has 0 bridgehead atoms. The second-order valence-corrected chi connectivity index (χ2v) is 11.3. The van der Waals surface area contributed by atoms with Crippen LogP contribution in [0.2, 0.25) is 0 Å². The van der Waals surface area contributed by atoms with E-state index >= 15 is 0 Å². The maximum atomic E-state index is 13.7. The quantitative estimate of drug-likeness (QED) is 0.265. The van der Waals surface area contributed by atoms with Gasteiger partial charge in [-0.3, -0.25) is 4.79 Å². The molecule has 3 N–H and O–H groups in total. The second-order valence-electron chi connectivity index (χ2n) is 11.3. The molecule has 8 heteroatoms. The summed E-state index contributed by atoms with van der Waals surface area (Å²) in [5.41, 5.74) is 4.61. The van der Waals surface area contributed by atoms with Gasteiger partial charge in [0.1, 0.15) is 11.6 Å². The van der Waals surface area contributed by atoms with E-state index in [0.717, 1.165) is 34.6 Å². The van der Waals surface area contributed by atoms with E-state index in [1.165, 1.54) is 24.6 Å². The Bertz CT molecular complexity index is 1420. The predicted molar refractivity (Wildman–Crippen MR) is 150 cm³/mol. The topological polar surface area (TPSA) is 79.2 Å². The number of fused-ring (bicyclic) bond motifs is 1. The van der Waals surface area contributed by atoms with E-state index in [1.807, 2.05) is 35.1 Å². The van der Waals surface area contributed by atoms with Gasteiger partial charge in [-0.25, -0.2) is 13.5 Å². The van der Waals surface area contributed by atoms with Crippen LogP contribution in [0.15, 0.2) is 66.9 Å². The number of carbonyl (C=O) groups is 1. The molecule has 2 atom stereocenters. The predicted octanol–water partition coefficient (Wildman–Crippen LogP) is 5.09. The largest absolute Gasteiger partial charge is 0.390 e. The van der Waals surface area contributed by atoms with Crippen LogP contribution >= 0.6 is 0 Å². The van der Waals surface area contributed by atoms with E-state index < -0.39 is 23.8 Å². The van der Waals surface area contributed by atoms with Crippen LogP contribution in [-0.4, -0.2) is 39.5 Å². The Hall–Kier alpha value is -3.62. The summed E-state index contributed by atoms with van der Waals surface area (Å²) in [5, 5.41) is 22.7. The molecule has 0 saturated carbocycles. The molecule has 0 saturated heterocycles. The van der Waals surface area contributed by atoms with Crippen molar-refractivity contribution in [1.29, 1.82) is 0 Å². The highest BCUT2D eigenvalue weighted by atomic mass is 19.1. The summed E-state index contributed by atoms with van der Waals surface area (Å²) in [6.07, 6.45) is 1.83. The van der Waals surface area contributed by atoms with Gasteiger partial charge in [0.05, 0.1) is 29.5 Å². The van der Waals surface area contributed by atoms with Crippen LogP contribution in [0.4, 0.5) is 8.78 Å². The monoisotopic (exact) mass is 534 g/mol. The van der Waals surface area contributed by atoms with Gasteiger partial charge in [-0.05, 0) is 59.2 Å². The van der Waals surface area contributed by atoms with Gasteiger partial charge >= 0.3 is 0 Å².